The van der Waals surface area contributed by atoms with Crippen LogP contribution >= 0.6 is 0 Å². The number of aromatic hydroxyl groups is 1. The summed E-state index contributed by atoms with van der Waals surface area (Å²) in [5, 5.41) is 23.9. The number of phenolic OH excluding ortho intramolecular Hbond substituents is 1. The number of carbonyl (C=O) groups is 2. The molecule has 0 bridgehead atoms. The highest BCUT2D eigenvalue weighted by molar-refractivity contribution is 5.91. The van der Waals surface area contributed by atoms with E-state index < -0.39 is 41.4 Å². The van der Waals surface area contributed by atoms with Gasteiger partial charge in [0.1, 0.15) is 11.7 Å². The number of aliphatic hydroxyl groups is 1. The number of phenols is 1. The smallest absolute Gasteiger partial charge is 0.334 e. The van der Waals surface area contributed by atoms with E-state index in [1.807, 2.05) is 0 Å². The van der Waals surface area contributed by atoms with E-state index in [0.29, 0.717) is 11.1 Å². The first-order chi connectivity index (χ1) is 19.3. The van der Waals surface area contributed by atoms with Gasteiger partial charge >= 0.3 is 11.9 Å². The van der Waals surface area contributed by atoms with E-state index >= 15 is 0 Å². The first kappa shape index (κ1) is 31.4. The Hall–Kier alpha value is -4.12. The lowest BCUT2D eigenvalue weighted by Gasteiger charge is -2.43. The van der Waals surface area contributed by atoms with Crippen molar-refractivity contribution in [1.82, 2.24) is 0 Å². The number of fused-ring (bicyclic) bond motifs is 3. The zero-order chi connectivity index (χ0) is 30.8. The molecule has 3 rings (SSSR count). The molecule has 0 saturated heterocycles. The van der Waals surface area contributed by atoms with Crippen LogP contribution in [-0.4, -0.2) is 63.3 Å². The quantitative estimate of drug-likeness (QED) is 0.336. The van der Waals surface area contributed by atoms with Crippen LogP contribution in [-0.2, 0) is 19.1 Å². The first-order valence-electron chi connectivity index (χ1n) is 12.9. The first-order valence-corrected chi connectivity index (χ1v) is 12.9. The Bertz CT molecular complexity index is 1360. The Morgan fingerprint density at radius 1 is 0.829 bits per heavy atom. The monoisotopic (exact) mass is 574 g/mol. The molecule has 0 heterocycles. The summed E-state index contributed by atoms with van der Waals surface area (Å²) in [5.41, 5.74) is -0.736. The molecule has 2 aromatic rings. The number of ether oxygens (including phenoxy) is 7. The summed E-state index contributed by atoms with van der Waals surface area (Å²) in [5.74, 6) is -1.96. The summed E-state index contributed by atoms with van der Waals surface area (Å²) >= 11 is 0. The number of esters is 2. The van der Waals surface area contributed by atoms with Crippen molar-refractivity contribution >= 4 is 11.9 Å². The molecule has 0 amide bonds. The van der Waals surface area contributed by atoms with Gasteiger partial charge in [-0.05, 0) is 32.9 Å². The van der Waals surface area contributed by atoms with Gasteiger partial charge in [0.05, 0.1) is 35.5 Å². The molecule has 0 radical (unpaired) electrons. The average molecular weight is 575 g/mol. The topological polar surface area (TPSA) is 139 Å². The third-order valence-corrected chi connectivity index (χ3v) is 7.55. The summed E-state index contributed by atoms with van der Waals surface area (Å²) in [6.45, 7) is 7.63. The van der Waals surface area contributed by atoms with Crippen LogP contribution in [0.2, 0.25) is 0 Å². The highest BCUT2D eigenvalue weighted by Crippen LogP contribution is 2.60. The number of benzene rings is 2. The van der Waals surface area contributed by atoms with Crippen molar-refractivity contribution in [3.63, 3.8) is 0 Å². The zero-order valence-electron chi connectivity index (χ0n) is 25.0. The third kappa shape index (κ3) is 5.33. The molecule has 0 aliphatic heterocycles. The standard InChI is InChI=1S/C30H38O11/c1-11-14(2)29(33)41-28-18-13-19(35-6)25(37-8)23(32)21(18)22-17(12-20(36-7)26(38-9)27(22)39-10)24(40-16(4)31)15(3)30(28,5)34/h11-13,15,24,28,32,34H,1-10H3/b14-11-/t15-,24-,28+,30-/m0/s1. The fourth-order valence-electron chi connectivity index (χ4n) is 5.10. The van der Waals surface area contributed by atoms with E-state index in [9.17, 15) is 19.8 Å². The molecule has 2 N–H and O–H groups in total. The molecule has 0 unspecified atom stereocenters. The molecular formula is C30H38O11. The van der Waals surface area contributed by atoms with Crippen molar-refractivity contribution < 1.29 is 53.0 Å². The maximum absolute atomic E-state index is 13.2. The van der Waals surface area contributed by atoms with E-state index in [2.05, 4.69) is 0 Å². The molecule has 11 nitrogen and oxygen atoms in total. The molecule has 41 heavy (non-hydrogen) atoms. The molecular weight excluding hydrogens is 536 g/mol. The predicted molar refractivity (Wildman–Crippen MR) is 149 cm³/mol. The number of hydrogen-bond donors (Lipinski definition) is 2. The second-order valence-corrected chi connectivity index (χ2v) is 9.84. The van der Waals surface area contributed by atoms with E-state index in [1.54, 1.807) is 32.9 Å². The van der Waals surface area contributed by atoms with Crippen LogP contribution in [0, 0.1) is 5.92 Å². The molecule has 2 aromatic carbocycles. The fraction of sp³-hybridized carbons (Fsp3) is 0.467. The van der Waals surface area contributed by atoms with Gasteiger partial charge < -0.3 is 43.4 Å². The number of allylic oxidation sites excluding steroid dienone is 1. The van der Waals surface area contributed by atoms with Crippen LogP contribution in [0.3, 0.4) is 0 Å². The van der Waals surface area contributed by atoms with Crippen LogP contribution in [0.5, 0.6) is 34.5 Å². The third-order valence-electron chi connectivity index (χ3n) is 7.55. The number of carbonyl (C=O) groups excluding carboxylic acids is 2. The summed E-state index contributed by atoms with van der Waals surface area (Å²) in [4.78, 5) is 25.6. The van der Waals surface area contributed by atoms with Gasteiger partial charge in [-0.2, -0.15) is 0 Å². The normalized spacial score (nSPS) is 21.8. The van der Waals surface area contributed by atoms with Gasteiger partial charge in [0.2, 0.25) is 11.5 Å². The van der Waals surface area contributed by atoms with Crippen molar-refractivity contribution in [3.8, 4) is 45.6 Å². The largest absolute Gasteiger partial charge is 0.504 e. The zero-order valence-corrected chi connectivity index (χ0v) is 25.0. The van der Waals surface area contributed by atoms with Crippen molar-refractivity contribution in [2.75, 3.05) is 35.5 Å². The van der Waals surface area contributed by atoms with Gasteiger partial charge in [-0.1, -0.05) is 13.0 Å². The van der Waals surface area contributed by atoms with Crippen LogP contribution in [0.1, 0.15) is 58.0 Å². The molecule has 0 fully saturated rings. The van der Waals surface area contributed by atoms with Gasteiger partial charge in [-0.15, -0.1) is 0 Å². The van der Waals surface area contributed by atoms with Crippen LogP contribution in [0.4, 0.5) is 0 Å². The Balaban J connectivity index is 2.67. The van der Waals surface area contributed by atoms with Gasteiger partial charge in [0.15, 0.2) is 29.1 Å². The lowest BCUT2D eigenvalue weighted by atomic mass is 9.71. The van der Waals surface area contributed by atoms with Crippen LogP contribution in [0.15, 0.2) is 23.8 Å². The number of hydrogen-bond acceptors (Lipinski definition) is 11. The number of rotatable bonds is 8. The predicted octanol–water partition coefficient (Wildman–Crippen LogP) is 4.66. The van der Waals surface area contributed by atoms with Gasteiger partial charge in [0.25, 0.3) is 0 Å². The summed E-state index contributed by atoms with van der Waals surface area (Å²) < 4.78 is 39.8. The van der Waals surface area contributed by atoms with Crippen molar-refractivity contribution in [3.05, 3.63) is 34.9 Å². The van der Waals surface area contributed by atoms with E-state index in [-0.39, 0.29) is 45.4 Å². The van der Waals surface area contributed by atoms with Crippen LogP contribution in [0.25, 0.3) is 11.1 Å². The summed E-state index contributed by atoms with van der Waals surface area (Å²) in [6, 6.07) is 3.11. The average Bonchev–Trinajstić information content (AvgIpc) is 2.95. The summed E-state index contributed by atoms with van der Waals surface area (Å²) in [6.07, 6.45) is -0.950. The summed E-state index contributed by atoms with van der Waals surface area (Å²) in [7, 11) is 7.00. The van der Waals surface area contributed by atoms with Crippen molar-refractivity contribution in [2.24, 2.45) is 5.92 Å². The molecule has 0 aromatic heterocycles. The maximum Gasteiger partial charge on any atom is 0.334 e. The minimum atomic E-state index is -1.87. The molecule has 11 heteroatoms. The van der Waals surface area contributed by atoms with E-state index in [1.165, 1.54) is 55.5 Å². The Morgan fingerprint density at radius 2 is 1.37 bits per heavy atom. The second kappa shape index (κ2) is 12.2. The molecule has 1 aliphatic rings. The second-order valence-electron chi connectivity index (χ2n) is 9.84. The Kier molecular flexibility index (Phi) is 9.33. The highest BCUT2D eigenvalue weighted by atomic mass is 16.6. The Labute approximate surface area is 239 Å². The lowest BCUT2D eigenvalue weighted by molar-refractivity contribution is -0.182. The van der Waals surface area contributed by atoms with Crippen LogP contribution < -0.4 is 23.7 Å². The fourth-order valence-corrected chi connectivity index (χ4v) is 5.10. The minimum absolute atomic E-state index is 0.0268. The SMILES string of the molecule is C/C=C(/C)C(=O)O[C@@H]1c2cc(OC)c(OC)c(O)c2-c2c(cc(OC)c(OC)c2OC)[C@@H](OC(C)=O)[C@H](C)[C@]1(C)O. The molecule has 0 saturated carbocycles. The molecule has 224 valence electrons. The van der Waals surface area contributed by atoms with Gasteiger partial charge in [0, 0.05) is 40.7 Å². The maximum atomic E-state index is 13.2. The van der Waals surface area contributed by atoms with Gasteiger partial charge in [-0.25, -0.2) is 4.79 Å². The van der Waals surface area contributed by atoms with E-state index in [4.69, 9.17) is 33.2 Å². The highest BCUT2D eigenvalue weighted by Gasteiger charge is 2.51. The molecule has 0 spiro atoms. The van der Waals surface area contributed by atoms with E-state index in [0.717, 1.165) is 0 Å². The Morgan fingerprint density at radius 3 is 1.85 bits per heavy atom. The lowest BCUT2D eigenvalue weighted by Crippen LogP contribution is -2.46. The van der Waals surface area contributed by atoms with Gasteiger partial charge in [-0.3, -0.25) is 4.79 Å². The molecule has 4 atom stereocenters. The van der Waals surface area contributed by atoms with Crippen molar-refractivity contribution in [2.45, 2.75) is 52.4 Å². The molecule has 1 aliphatic carbocycles. The minimum Gasteiger partial charge on any atom is -0.504 e. The van der Waals surface area contributed by atoms with Crippen molar-refractivity contribution in [1.29, 1.82) is 0 Å². The number of methoxy groups -OCH3 is 5.